The summed E-state index contributed by atoms with van der Waals surface area (Å²) >= 11 is 0. The van der Waals surface area contributed by atoms with E-state index >= 15 is 0 Å². The molecule has 0 radical (unpaired) electrons. The van der Waals surface area contributed by atoms with Crippen LogP contribution in [0.4, 0.5) is 0 Å². The van der Waals surface area contributed by atoms with Crippen molar-refractivity contribution in [2.45, 2.75) is 58.5 Å². The first kappa shape index (κ1) is 21.8. The van der Waals surface area contributed by atoms with Crippen LogP contribution in [-0.2, 0) is 14.3 Å². The molecule has 1 aliphatic rings. The molecular formula is C22H31NO5. The van der Waals surface area contributed by atoms with Crippen molar-refractivity contribution in [1.82, 2.24) is 5.32 Å². The lowest BCUT2D eigenvalue weighted by Gasteiger charge is -2.15. The van der Waals surface area contributed by atoms with E-state index in [-0.39, 0.29) is 18.9 Å². The fourth-order valence-electron chi connectivity index (χ4n) is 2.98. The summed E-state index contributed by atoms with van der Waals surface area (Å²) in [6, 6.07) is 7.20. The molecular weight excluding hydrogens is 358 g/mol. The molecule has 0 fully saturated rings. The summed E-state index contributed by atoms with van der Waals surface area (Å²) in [5.41, 5.74) is 1.41. The van der Waals surface area contributed by atoms with Crippen LogP contribution in [-0.4, -0.2) is 37.7 Å². The summed E-state index contributed by atoms with van der Waals surface area (Å²) in [6.07, 6.45) is 7.14. The monoisotopic (exact) mass is 389 g/mol. The number of amides is 1. The number of rotatable bonds is 11. The van der Waals surface area contributed by atoms with Crippen LogP contribution >= 0.6 is 0 Å². The average molecular weight is 389 g/mol. The van der Waals surface area contributed by atoms with E-state index in [1.54, 1.807) is 19.1 Å². The lowest BCUT2D eigenvalue weighted by Crippen LogP contribution is -2.36. The van der Waals surface area contributed by atoms with Crippen molar-refractivity contribution in [3.05, 3.63) is 35.9 Å². The molecule has 0 heterocycles. The summed E-state index contributed by atoms with van der Waals surface area (Å²) in [6.45, 7) is 4.88. The quantitative estimate of drug-likeness (QED) is 0.460. The van der Waals surface area contributed by atoms with Crippen LogP contribution in [0.2, 0.25) is 0 Å². The first-order valence-electron chi connectivity index (χ1n) is 10.1. The van der Waals surface area contributed by atoms with Gasteiger partial charge in [-0.3, -0.25) is 9.59 Å². The second kappa shape index (κ2) is 12.1. The van der Waals surface area contributed by atoms with Gasteiger partial charge in [-0.25, -0.2) is 0 Å². The zero-order chi connectivity index (χ0) is 20.2. The zero-order valence-corrected chi connectivity index (χ0v) is 16.9. The van der Waals surface area contributed by atoms with E-state index in [9.17, 15) is 9.59 Å². The summed E-state index contributed by atoms with van der Waals surface area (Å²) in [5.74, 6) is 0.703. The standard InChI is InChI=1S/C22H31NO5/c1-3-26-19-9-11-20(12-10-19)27-16-14-21(24)28-17(2)22(25)23-15-13-18-7-5-4-6-8-18/h7,9-12,17H,3-6,8,13-16H2,1-2H3,(H,23,25). The van der Waals surface area contributed by atoms with Gasteiger partial charge in [0.2, 0.25) is 0 Å². The Morgan fingerprint density at radius 3 is 2.46 bits per heavy atom. The number of ether oxygens (including phenoxy) is 3. The number of benzene rings is 1. The topological polar surface area (TPSA) is 73.9 Å². The van der Waals surface area contributed by atoms with Crippen molar-refractivity contribution in [3.63, 3.8) is 0 Å². The number of hydrogen-bond acceptors (Lipinski definition) is 5. The van der Waals surface area contributed by atoms with E-state index in [1.807, 2.05) is 19.1 Å². The molecule has 154 valence electrons. The highest BCUT2D eigenvalue weighted by Gasteiger charge is 2.17. The van der Waals surface area contributed by atoms with Crippen molar-refractivity contribution in [3.8, 4) is 11.5 Å². The molecule has 6 heteroatoms. The average Bonchev–Trinajstić information content (AvgIpc) is 2.70. The molecule has 1 aliphatic carbocycles. The van der Waals surface area contributed by atoms with Crippen molar-refractivity contribution >= 4 is 11.9 Å². The highest BCUT2D eigenvalue weighted by Crippen LogP contribution is 2.19. The predicted octanol–water partition coefficient (Wildman–Crippen LogP) is 3.79. The number of carbonyl (C=O) groups excluding carboxylic acids is 2. The molecule has 1 N–H and O–H groups in total. The molecule has 0 aliphatic heterocycles. The number of hydrogen-bond donors (Lipinski definition) is 1. The van der Waals surface area contributed by atoms with Crippen LogP contribution in [0, 0.1) is 0 Å². The second-order valence-corrected chi connectivity index (χ2v) is 6.78. The Kier molecular flexibility index (Phi) is 9.39. The highest BCUT2D eigenvalue weighted by atomic mass is 16.5. The molecule has 0 bridgehead atoms. The number of nitrogens with one attached hydrogen (secondary N) is 1. The minimum absolute atomic E-state index is 0.0811. The summed E-state index contributed by atoms with van der Waals surface area (Å²) in [7, 11) is 0. The lowest BCUT2D eigenvalue weighted by atomic mass is 9.97. The number of esters is 1. The molecule has 1 aromatic carbocycles. The zero-order valence-electron chi connectivity index (χ0n) is 16.9. The molecule has 0 saturated heterocycles. The first-order valence-corrected chi connectivity index (χ1v) is 10.1. The van der Waals surface area contributed by atoms with Gasteiger partial charge in [-0.1, -0.05) is 11.6 Å². The summed E-state index contributed by atoms with van der Waals surface area (Å²) in [5, 5.41) is 2.83. The van der Waals surface area contributed by atoms with Crippen LogP contribution < -0.4 is 14.8 Å². The first-order chi connectivity index (χ1) is 13.6. The summed E-state index contributed by atoms with van der Waals surface area (Å²) in [4.78, 5) is 23.9. The Labute approximate surface area is 167 Å². The Bertz CT molecular complexity index is 653. The van der Waals surface area contributed by atoms with Crippen LogP contribution in [0.25, 0.3) is 0 Å². The molecule has 0 aromatic heterocycles. The third-order valence-electron chi connectivity index (χ3n) is 4.52. The van der Waals surface area contributed by atoms with Gasteiger partial charge >= 0.3 is 5.97 Å². The van der Waals surface area contributed by atoms with Crippen molar-refractivity contribution < 1.29 is 23.8 Å². The minimum atomic E-state index is -0.807. The number of allylic oxidation sites excluding steroid dienone is 1. The van der Waals surface area contributed by atoms with Crippen molar-refractivity contribution in [2.24, 2.45) is 0 Å². The molecule has 28 heavy (non-hydrogen) atoms. The van der Waals surface area contributed by atoms with Gasteiger partial charge in [-0.2, -0.15) is 0 Å². The highest BCUT2D eigenvalue weighted by molar-refractivity contribution is 5.83. The minimum Gasteiger partial charge on any atom is -0.494 e. The van der Waals surface area contributed by atoms with E-state index in [4.69, 9.17) is 14.2 Å². The third kappa shape index (κ3) is 8.03. The van der Waals surface area contributed by atoms with Crippen LogP contribution in [0.3, 0.4) is 0 Å². The van der Waals surface area contributed by atoms with E-state index in [1.165, 1.54) is 18.4 Å². The Morgan fingerprint density at radius 2 is 1.82 bits per heavy atom. The molecule has 1 atom stereocenters. The number of carbonyl (C=O) groups is 2. The second-order valence-electron chi connectivity index (χ2n) is 6.78. The van der Waals surface area contributed by atoms with Crippen LogP contribution in [0.1, 0.15) is 52.4 Å². The molecule has 1 amide bonds. The Balaban J connectivity index is 1.60. The van der Waals surface area contributed by atoms with E-state index in [0.29, 0.717) is 18.9 Å². The van der Waals surface area contributed by atoms with Gasteiger partial charge in [0, 0.05) is 6.54 Å². The molecule has 2 rings (SSSR count). The Morgan fingerprint density at radius 1 is 1.11 bits per heavy atom. The van der Waals surface area contributed by atoms with Gasteiger partial charge in [0.1, 0.15) is 11.5 Å². The smallest absolute Gasteiger partial charge is 0.310 e. The fourth-order valence-corrected chi connectivity index (χ4v) is 2.98. The Hall–Kier alpha value is -2.50. The molecule has 1 aromatic rings. The van der Waals surface area contributed by atoms with Crippen LogP contribution in [0.5, 0.6) is 11.5 Å². The molecule has 0 saturated carbocycles. The molecule has 0 spiro atoms. The SMILES string of the molecule is CCOc1ccc(OCCC(=O)OC(C)C(=O)NCCC2=CCCCC2)cc1. The van der Waals surface area contributed by atoms with Crippen molar-refractivity contribution in [1.29, 1.82) is 0 Å². The third-order valence-corrected chi connectivity index (χ3v) is 4.52. The van der Waals surface area contributed by atoms with Crippen molar-refractivity contribution in [2.75, 3.05) is 19.8 Å². The van der Waals surface area contributed by atoms with Gasteiger partial charge in [-0.05, 0) is 70.2 Å². The molecule has 1 unspecified atom stereocenters. The lowest BCUT2D eigenvalue weighted by molar-refractivity contribution is -0.155. The maximum atomic E-state index is 12.0. The van der Waals surface area contributed by atoms with Gasteiger partial charge in [0.15, 0.2) is 6.10 Å². The van der Waals surface area contributed by atoms with Gasteiger partial charge in [0.25, 0.3) is 5.91 Å². The maximum Gasteiger partial charge on any atom is 0.310 e. The van der Waals surface area contributed by atoms with Gasteiger partial charge < -0.3 is 19.5 Å². The molecule has 6 nitrogen and oxygen atoms in total. The van der Waals surface area contributed by atoms with E-state index < -0.39 is 12.1 Å². The normalized spacial score (nSPS) is 14.6. The predicted molar refractivity (Wildman–Crippen MR) is 107 cm³/mol. The fraction of sp³-hybridized carbons (Fsp3) is 0.545. The van der Waals surface area contributed by atoms with Gasteiger partial charge in [-0.15, -0.1) is 0 Å². The largest absolute Gasteiger partial charge is 0.494 e. The van der Waals surface area contributed by atoms with Gasteiger partial charge in [0.05, 0.1) is 19.6 Å². The summed E-state index contributed by atoms with van der Waals surface area (Å²) < 4.78 is 16.1. The maximum absolute atomic E-state index is 12.0. The van der Waals surface area contributed by atoms with Crippen LogP contribution in [0.15, 0.2) is 35.9 Å². The van der Waals surface area contributed by atoms with E-state index in [0.717, 1.165) is 25.0 Å². The van der Waals surface area contributed by atoms with E-state index in [2.05, 4.69) is 11.4 Å².